The third kappa shape index (κ3) is 4.09. The van der Waals surface area contributed by atoms with Gasteiger partial charge in [-0.2, -0.15) is 5.06 Å². The summed E-state index contributed by atoms with van der Waals surface area (Å²) in [7, 11) is 0. The molecule has 184 valence electrons. The maximum atomic E-state index is 13.7. The number of nitrogens with zero attached hydrogens (tertiary/aromatic N) is 1. The molecule has 0 aromatic heterocycles. The van der Waals surface area contributed by atoms with Gasteiger partial charge in [-0.3, -0.25) is 19.2 Å². The molecule has 11 nitrogen and oxygen atoms in total. The Morgan fingerprint density at radius 3 is 2.68 bits per heavy atom. The molecular weight excluding hydrogens is 561 g/mol. The molecule has 2 bridgehead atoms. The van der Waals surface area contributed by atoms with Gasteiger partial charge in [0.15, 0.2) is 6.04 Å². The highest BCUT2D eigenvalue weighted by Gasteiger charge is 2.74. The Kier molecular flexibility index (Phi) is 6.79. The Morgan fingerprint density at radius 1 is 1.15 bits per heavy atom. The van der Waals surface area contributed by atoms with Crippen molar-refractivity contribution in [1.29, 1.82) is 0 Å². The number of ether oxygens (including phenoxy) is 3. The molecule has 3 N–H and O–H groups in total. The van der Waals surface area contributed by atoms with Crippen molar-refractivity contribution in [3.05, 3.63) is 33.4 Å². The largest absolute Gasteiger partial charge is 0.458 e. The molecule has 3 heterocycles. The minimum Gasteiger partial charge on any atom is -0.458 e. The molecule has 1 aromatic carbocycles. The number of benzene rings is 1. The van der Waals surface area contributed by atoms with Gasteiger partial charge in [0.1, 0.15) is 36.6 Å². The molecule has 5 rings (SSSR count). The van der Waals surface area contributed by atoms with E-state index in [0.717, 1.165) is 9.13 Å². The van der Waals surface area contributed by atoms with E-state index < -0.39 is 41.8 Å². The van der Waals surface area contributed by atoms with Crippen LogP contribution in [0.4, 0.5) is 0 Å². The lowest BCUT2D eigenvalue weighted by atomic mass is 9.62. The fourth-order valence-corrected chi connectivity index (χ4v) is 5.70. The zero-order valence-electron chi connectivity index (χ0n) is 18.3. The summed E-state index contributed by atoms with van der Waals surface area (Å²) in [5, 5.41) is 15.7. The smallest absolute Gasteiger partial charge is 0.327 e. The van der Waals surface area contributed by atoms with Gasteiger partial charge in [0, 0.05) is 29.5 Å². The number of nitrogens with one attached hydrogen (secondary N) is 2. The lowest BCUT2D eigenvalue weighted by Gasteiger charge is -2.48. The summed E-state index contributed by atoms with van der Waals surface area (Å²) in [6, 6.07) is 6.85. The molecule has 0 spiro atoms. The second-order valence-corrected chi connectivity index (χ2v) is 10.1. The summed E-state index contributed by atoms with van der Waals surface area (Å²) in [5.41, 5.74) is -0.315. The van der Waals surface area contributed by atoms with Crippen LogP contribution in [0.5, 0.6) is 0 Å². The quantitative estimate of drug-likeness (QED) is 0.271. The molecule has 4 fully saturated rings. The molecule has 3 saturated heterocycles. The monoisotopic (exact) mass is 587 g/mol. The van der Waals surface area contributed by atoms with Crippen LogP contribution in [0.15, 0.2) is 24.3 Å². The van der Waals surface area contributed by atoms with Crippen molar-refractivity contribution in [3.8, 4) is 0 Å². The van der Waals surface area contributed by atoms with Crippen molar-refractivity contribution in [2.75, 3.05) is 26.5 Å². The molecule has 0 radical (unpaired) electrons. The van der Waals surface area contributed by atoms with Crippen molar-refractivity contribution in [2.45, 2.75) is 49.8 Å². The number of carbonyl (C=O) groups is 3. The zero-order chi connectivity index (χ0) is 23.9. The van der Waals surface area contributed by atoms with Crippen molar-refractivity contribution >= 4 is 40.4 Å². The second-order valence-electron chi connectivity index (χ2n) is 8.81. The van der Waals surface area contributed by atoms with E-state index in [4.69, 9.17) is 24.2 Å². The van der Waals surface area contributed by atoms with Gasteiger partial charge in [0.05, 0.1) is 13.2 Å². The molecule has 6 atom stereocenters. The molecule has 0 unspecified atom stereocenters. The Bertz CT molecular complexity index is 962. The molecule has 1 saturated carbocycles. The van der Waals surface area contributed by atoms with Gasteiger partial charge >= 0.3 is 5.97 Å². The van der Waals surface area contributed by atoms with Crippen LogP contribution in [0.25, 0.3) is 0 Å². The summed E-state index contributed by atoms with van der Waals surface area (Å²) in [6.07, 6.45) is -2.13. The molecule has 3 aliphatic heterocycles. The van der Waals surface area contributed by atoms with E-state index in [0.29, 0.717) is 0 Å². The van der Waals surface area contributed by atoms with Crippen LogP contribution < -0.4 is 10.6 Å². The first-order chi connectivity index (χ1) is 16.4. The maximum Gasteiger partial charge on any atom is 0.327 e. The number of esters is 1. The standard InChI is InChI=1S/C22H26IN3O8/c23-13-3-1-12(2-4-13)10-26-18-20(29)33-14-9-22(18,19(34-26)17-16(14)31-11-32-17)21(30)25-6-5-15(28)24-7-8-27/h1-4,14,16-19,27H,5-11H2,(H,24,28)(H,25,30)/t14-,16+,17+,18+,19-,22+/m1/s1. The van der Waals surface area contributed by atoms with Crippen LogP contribution in [-0.4, -0.2) is 84.9 Å². The van der Waals surface area contributed by atoms with Gasteiger partial charge in [-0.15, -0.1) is 0 Å². The number of carbonyl (C=O) groups excluding carboxylic acids is 3. The number of amides is 2. The number of fused-ring (bicyclic) bond motifs is 4. The number of hydrogen-bond donors (Lipinski definition) is 3. The zero-order valence-corrected chi connectivity index (χ0v) is 20.4. The lowest BCUT2D eigenvalue weighted by molar-refractivity contribution is -0.201. The van der Waals surface area contributed by atoms with Gasteiger partial charge in [0.25, 0.3) is 0 Å². The minimum absolute atomic E-state index is 0.0355. The normalized spacial score (nSPS) is 33.8. The van der Waals surface area contributed by atoms with Gasteiger partial charge in [0.2, 0.25) is 11.8 Å². The van der Waals surface area contributed by atoms with Crippen LogP contribution in [0.1, 0.15) is 18.4 Å². The predicted molar refractivity (Wildman–Crippen MR) is 123 cm³/mol. The van der Waals surface area contributed by atoms with Gasteiger partial charge in [-0.1, -0.05) is 12.1 Å². The lowest BCUT2D eigenvalue weighted by Crippen LogP contribution is -2.69. The Morgan fingerprint density at radius 2 is 1.91 bits per heavy atom. The molecule has 2 amide bonds. The van der Waals surface area contributed by atoms with Crippen molar-refractivity contribution in [3.63, 3.8) is 0 Å². The summed E-state index contributed by atoms with van der Waals surface area (Å²) < 4.78 is 18.3. The third-order valence-electron chi connectivity index (χ3n) is 6.82. The van der Waals surface area contributed by atoms with Crippen LogP contribution in [0.2, 0.25) is 0 Å². The Labute approximate surface area is 209 Å². The highest BCUT2D eigenvalue weighted by atomic mass is 127. The average molecular weight is 587 g/mol. The number of rotatable bonds is 8. The molecule has 1 aromatic rings. The number of aliphatic hydroxyl groups is 1. The molecule has 1 aliphatic carbocycles. The van der Waals surface area contributed by atoms with E-state index >= 15 is 0 Å². The van der Waals surface area contributed by atoms with E-state index in [1.807, 2.05) is 24.3 Å². The molecule has 12 heteroatoms. The topological polar surface area (TPSA) is 136 Å². The Hall–Kier alpha value is -1.84. The minimum atomic E-state index is -1.24. The van der Waals surface area contributed by atoms with E-state index in [1.165, 1.54) is 5.06 Å². The number of halogens is 1. The first kappa shape index (κ1) is 23.9. The van der Waals surface area contributed by atoms with Crippen molar-refractivity contribution in [2.24, 2.45) is 5.41 Å². The van der Waals surface area contributed by atoms with E-state index in [2.05, 4.69) is 33.2 Å². The fourth-order valence-electron chi connectivity index (χ4n) is 5.34. The van der Waals surface area contributed by atoms with E-state index in [1.54, 1.807) is 0 Å². The first-order valence-electron chi connectivity index (χ1n) is 11.2. The molecular formula is C22H26IN3O8. The summed E-state index contributed by atoms with van der Waals surface area (Å²) in [5.74, 6) is -1.20. The fraction of sp³-hybridized carbons (Fsp3) is 0.591. The third-order valence-corrected chi connectivity index (χ3v) is 7.54. The van der Waals surface area contributed by atoms with Crippen molar-refractivity contribution < 1.29 is 38.5 Å². The SMILES string of the molecule is O=C(CCNC(=O)[C@@]12C[C@H]3OC(=O)[C@@H]1N(Cc1ccc(I)cc1)O[C@@H]2[C@H]1OCO[C@H]13)NCCO. The summed E-state index contributed by atoms with van der Waals surface area (Å²) in [4.78, 5) is 45.0. The van der Waals surface area contributed by atoms with Gasteiger partial charge in [-0.05, 0) is 40.3 Å². The van der Waals surface area contributed by atoms with Crippen LogP contribution in [-0.2, 0) is 40.0 Å². The second kappa shape index (κ2) is 9.66. The van der Waals surface area contributed by atoms with Crippen LogP contribution in [0, 0.1) is 8.99 Å². The highest BCUT2D eigenvalue weighted by molar-refractivity contribution is 14.1. The molecule has 4 aliphatic rings. The summed E-state index contributed by atoms with van der Waals surface area (Å²) >= 11 is 2.22. The summed E-state index contributed by atoms with van der Waals surface area (Å²) in [6.45, 7) is 0.393. The first-order valence-corrected chi connectivity index (χ1v) is 12.3. The Balaban J connectivity index is 1.40. The predicted octanol–water partition coefficient (Wildman–Crippen LogP) is -0.553. The number of hydrogen-bond acceptors (Lipinski definition) is 9. The average Bonchev–Trinajstić information content (AvgIpc) is 3.43. The highest BCUT2D eigenvalue weighted by Crippen LogP contribution is 2.55. The van der Waals surface area contributed by atoms with Crippen molar-refractivity contribution in [1.82, 2.24) is 15.7 Å². The van der Waals surface area contributed by atoms with Crippen LogP contribution in [0.3, 0.4) is 0 Å². The number of aliphatic hydroxyl groups excluding tert-OH is 1. The van der Waals surface area contributed by atoms with Gasteiger partial charge in [-0.25, -0.2) is 0 Å². The maximum absolute atomic E-state index is 13.7. The van der Waals surface area contributed by atoms with Gasteiger partial charge < -0.3 is 30.0 Å². The molecule has 34 heavy (non-hydrogen) atoms. The van der Waals surface area contributed by atoms with E-state index in [9.17, 15) is 14.4 Å². The number of hydroxylamine groups is 2. The van der Waals surface area contributed by atoms with Crippen LogP contribution >= 0.6 is 22.6 Å². The van der Waals surface area contributed by atoms with E-state index in [-0.39, 0.29) is 57.7 Å².